The zero-order valence-corrected chi connectivity index (χ0v) is 36.0. The predicted octanol–water partition coefficient (Wildman–Crippen LogP) is 12.4. The summed E-state index contributed by atoms with van der Waals surface area (Å²) in [6.45, 7) is 35.9. The number of phenolic OH excluding ortho intramolecular Hbond substituents is 2. The molecule has 285 valence electrons. The van der Waals surface area contributed by atoms with Crippen molar-refractivity contribution in [3.8, 4) is 11.5 Å². The third-order valence-electron chi connectivity index (χ3n) is 9.92. The van der Waals surface area contributed by atoms with Gasteiger partial charge in [0, 0.05) is 51.5 Å². The van der Waals surface area contributed by atoms with Crippen LogP contribution >= 0.6 is 0 Å². The van der Waals surface area contributed by atoms with Crippen LogP contribution in [0.2, 0.25) is 0 Å². The van der Waals surface area contributed by atoms with Gasteiger partial charge in [-0.25, -0.2) is 0 Å². The molecule has 0 amide bonds. The van der Waals surface area contributed by atoms with Crippen LogP contribution < -0.4 is 0 Å². The maximum atomic E-state index is 11.7. The fourth-order valence-electron chi connectivity index (χ4n) is 8.04. The zero-order valence-electron chi connectivity index (χ0n) is 35.0. The van der Waals surface area contributed by atoms with Crippen molar-refractivity contribution in [2.45, 2.75) is 183 Å². The smallest absolute Gasteiger partial charge is 0.128 e. The van der Waals surface area contributed by atoms with Crippen molar-refractivity contribution in [1.29, 1.82) is 0 Å². The molecule has 0 aliphatic heterocycles. The van der Waals surface area contributed by atoms with E-state index in [9.17, 15) is 10.2 Å². The van der Waals surface area contributed by atoms with Crippen molar-refractivity contribution in [2.75, 3.05) is 0 Å². The van der Waals surface area contributed by atoms with Gasteiger partial charge in [0.15, 0.2) is 0 Å². The van der Waals surface area contributed by atoms with Crippen LogP contribution in [0, 0.1) is 18.3 Å². The fourth-order valence-corrected chi connectivity index (χ4v) is 8.04. The van der Waals surface area contributed by atoms with Crippen LogP contribution in [-0.4, -0.2) is 34.7 Å². The average Bonchev–Trinajstić information content (AvgIpc) is 2.88. The Balaban J connectivity index is 0.00000625. The Morgan fingerprint density at radius 2 is 0.860 bits per heavy atom. The quantitative estimate of drug-likeness (QED) is 0.210. The van der Waals surface area contributed by atoms with Crippen molar-refractivity contribution >= 4 is 12.4 Å². The first-order valence-corrected chi connectivity index (χ1v) is 18.4. The zero-order chi connectivity index (χ0) is 36.7. The predicted molar refractivity (Wildman–Crippen MR) is 215 cm³/mol. The minimum atomic E-state index is -0.201. The van der Waals surface area contributed by atoms with Crippen molar-refractivity contribution in [3.63, 3.8) is 0 Å². The summed E-state index contributed by atoms with van der Waals surface area (Å²) in [5.74, 6) is 0.678. The van der Waals surface area contributed by atoms with E-state index in [0.717, 1.165) is 60.8 Å². The Kier molecular flexibility index (Phi) is 14.9. The van der Waals surface area contributed by atoms with Crippen molar-refractivity contribution in [2.24, 2.45) is 20.8 Å². The third kappa shape index (κ3) is 12.2. The van der Waals surface area contributed by atoms with Gasteiger partial charge in [-0.1, -0.05) is 136 Å². The van der Waals surface area contributed by atoms with Gasteiger partial charge in [0.1, 0.15) is 11.5 Å². The van der Waals surface area contributed by atoms with Gasteiger partial charge >= 0.3 is 0 Å². The van der Waals surface area contributed by atoms with Crippen LogP contribution in [0.3, 0.4) is 0 Å². The number of hydrogen-bond acceptors (Lipinski definition) is 4. The van der Waals surface area contributed by atoms with Crippen LogP contribution in [0.5, 0.6) is 11.5 Å². The molecule has 1 aliphatic carbocycles. The first-order valence-electron chi connectivity index (χ1n) is 18.4. The molecule has 1 aliphatic rings. The third-order valence-corrected chi connectivity index (χ3v) is 9.92. The van der Waals surface area contributed by atoms with Gasteiger partial charge in [0.05, 0.1) is 12.1 Å². The maximum Gasteiger partial charge on any atom is 0.128 e. The second-order valence-electron chi connectivity index (χ2n) is 20.6. The number of phenols is 2. The second kappa shape index (κ2) is 16.3. The van der Waals surface area contributed by atoms with Gasteiger partial charge in [-0.2, -0.15) is 0 Å². The van der Waals surface area contributed by atoms with Crippen LogP contribution in [0.15, 0.2) is 34.3 Å². The molecule has 1 fully saturated rings. The molecule has 0 heterocycles. The minimum absolute atomic E-state index is 0. The first-order chi connectivity index (χ1) is 21.6. The van der Waals surface area contributed by atoms with Crippen LogP contribution in [0.25, 0.3) is 0 Å². The molecule has 2 aromatic carbocycles. The largest absolute Gasteiger partial charge is 0.507 e. The monoisotopic (exact) mass is 733 g/mol. The molecule has 0 bridgehead atoms. The number of aromatic hydroxyl groups is 2. The number of rotatable bonds is 8. The summed E-state index contributed by atoms with van der Waals surface area (Å²) in [4.78, 5) is 10.3. The number of aliphatic imine (C=N–C) groups is 2. The van der Waals surface area contributed by atoms with E-state index in [-0.39, 0.29) is 68.8 Å². The van der Waals surface area contributed by atoms with Crippen molar-refractivity contribution in [1.82, 2.24) is 0 Å². The van der Waals surface area contributed by atoms with Gasteiger partial charge in [-0.15, -0.1) is 0 Å². The molecule has 0 aromatic heterocycles. The Morgan fingerprint density at radius 1 is 0.560 bits per heavy atom. The Morgan fingerprint density at radius 3 is 1.12 bits per heavy atom. The molecule has 2 aromatic rings. The van der Waals surface area contributed by atoms with Crippen LogP contribution in [-0.2, 0) is 38.4 Å². The van der Waals surface area contributed by atoms with E-state index in [0.29, 0.717) is 11.5 Å². The molecule has 3 rings (SSSR count). The maximum absolute atomic E-state index is 11.7. The van der Waals surface area contributed by atoms with Gasteiger partial charge in [0.2, 0.25) is 0 Å². The molecule has 2 unspecified atom stereocenters. The summed E-state index contributed by atoms with van der Waals surface area (Å²) in [6, 6.07) is 8.69. The minimum Gasteiger partial charge on any atom is -0.507 e. The number of nitrogens with zero attached hydrogens (tertiary/aromatic N) is 2. The number of hydrogen-bond donors (Lipinski definition) is 2. The SMILES string of the molecule is CC(C)(C)CC(C)(C)c1cc(C(C)(C)C)cc(C=NC2CCCCC2N=Cc2cc(C(C)(C)C)cc(C(C)(C)CC(C)(C)C)c2O)c1O.[CH3-].[Co]. The Bertz CT molecular complexity index is 1370. The van der Waals surface area contributed by atoms with E-state index >= 15 is 0 Å². The summed E-state index contributed by atoms with van der Waals surface area (Å²) in [5.41, 5.74) is 5.68. The van der Waals surface area contributed by atoms with Gasteiger partial charge in [-0.3, -0.25) is 9.98 Å². The molecule has 2 N–H and O–H groups in total. The normalized spacial score (nSPS) is 18.3. The summed E-state index contributed by atoms with van der Waals surface area (Å²) in [6.07, 6.45) is 9.86. The van der Waals surface area contributed by atoms with Crippen molar-refractivity contribution in [3.05, 3.63) is 65.1 Å². The molecular weight excluding hydrogens is 659 g/mol. The van der Waals surface area contributed by atoms with Gasteiger partial charge in [0.25, 0.3) is 0 Å². The Hall–Kier alpha value is -2.11. The first kappa shape index (κ1) is 45.9. The summed E-state index contributed by atoms with van der Waals surface area (Å²) >= 11 is 0. The average molecular weight is 733 g/mol. The number of benzene rings is 2. The van der Waals surface area contributed by atoms with E-state index in [1.165, 1.54) is 11.1 Å². The second-order valence-corrected chi connectivity index (χ2v) is 20.6. The summed E-state index contributed by atoms with van der Waals surface area (Å²) < 4.78 is 0. The molecule has 2 atom stereocenters. The topological polar surface area (TPSA) is 65.2 Å². The van der Waals surface area contributed by atoms with Gasteiger partial charge in [-0.05, 0) is 81.4 Å². The van der Waals surface area contributed by atoms with E-state index < -0.39 is 0 Å². The molecule has 0 saturated heterocycles. The Labute approximate surface area is 318 Å². The molecule has 1 radical (unpaired) electrons. The molecule has 50 heavy (non-hydrogen) atoms. The molecule has 0 spiro atoms. The van der Waals surface area contributed by atoms with E-state index in [2.05, 4.69) is 135 Å². The van der Waals surface area contributed by atoms with E-state index in [4.69, 9.17) is 9.98 Å². The molecular formula is C45H73CoN2O2-. The van der Waals surface area contributed by atoms with Gasteiger partial charge < -0.3 is 17.6 Å². The standard InChI is InChI=1S/C44H70N2O2.CH3.Co/c1-39(2,3)27-43(13,14)33-23-31(41(7,8)9)21-29(37(33)47)25-45-35-19-17-18-20-36(35)46-26-30-22-32(42(10,11)12)24-34(38(30)48)44(15,16)28-40(4,5)6;;/h21-26,35-36,47-48H,17-20,27-28H2,1-16H3;1H3;/q;-1;. The van der Waals surface area contributed by atoms with E-state index in [1.807, 2.05) is 12.4 Å². The molecule has 5 heteroatoms. The van der Waals surface area contributed by atoms with Crippen LogP contribution in [0.4, 0.5) is 0 Å². The molecule has 1 saturated carbocycles. The summed E-state index contributed by atoms with van der Waals surface area (Å²) in [5, 5.41) is 23.4. The molecule has 4 nitrogen and oxygen atoms in total. The van der Waals surface area contributed by atoms with E-state index in [1.54, 1.807) is 0 Å². The fraction of sp³-hybridized carbons (Fsp3) is 0.667. The van der Waals surface area contributed by atoms with Crippen LogP contribution in [0.1, 0.15) is 183 Å². The summed E-state index contributed by atoms with van der Waals surface area (Å²) in [7, 11) is 0. The van der Waals surface area contributed by atoms with Crippen molar-refractivity contribution < 1.29 is 27.0 Å².